The zero-order valence-electron chi connectivity index (χ0n) is 9.13. The molecule has 7 nitrogen and oxygen atoms in total. The lowest BCUT2D eigenvalue weighted by molar-refractivity contribution is -0.389. The van der Waals surface area contributed by atoms with Crippen molar-refractivity contribution in [2.24, 2.45) is 0 Å². The van der Waals surface area contributed by atoms with E-state index in [2.05, 4.69) is 4.98 Å². The second-order valence-electron chi connectivity index (χ2n) is 3.59. The summed E-state index contributed by atoms with van der Waals surface area (Å²) in [5.74, 6) is -1.48. The molecule has 0 spiro atoms. The fourth-order valence-corrected chi connectivity index (χ4v) is 1.64. The molecule has 92 valence electrons. The molecule has 2 aromatic rings. The summed E-state index contributed by atoms with van der Waals surface area (Å²) >= 11 is 0. The van der Waals surface area contributed by atoms with Gasteiger partial charge in [0, 0.05) is 0 Å². The largest absolute Gasteiger partial charge is 0.479 e. The molecule has 0 aliphatic carbocycles. The average molecular weight is 247 g/mol. The molecule has 0 aliphatic rings. The fraction of sp³-hybridized carbons (Fsp3) is 0.0909. The minimum Gasteiger partial charge on any atom is -0.479 e. The first-order valence-electron chi connectivity index (χ1n) is 5.05. The van der Waals surface area contributed by atoms with Gasteiger partial charge in [-0.1, -0.05) is 30.3 Å². The van der Waals surface area contributed by atoms with Crippen molar-refractivity contribution in [3.8, 4) is 0 Å². The second-order valence-corrected chi connectivity index (χ2v) is 3.59. The van der Waals surface area contributed by atoms with Gasteiger partial charge in [0.25, 0.3) is 0 Å². The molecular formula is C11H9N3O4. The minimum absolute atomic E-state index is 0.378. The van der Waals surface area contributed by atoms with Crippen molar-refractivity contribution in [1.82, 2.24) is 9.55 Å². The highest BCUT2D eigenvalue weighted by Crippen LogP contribution is 2.20. The van der Waals surface area contributed by atoms with Crippen LogP contribution in [0.25, 0.3) is 0 Å². The normalized spacial score (nSPS) is 12.0. The predicted octanol–water partition coefficient (Wildman–Crippen LogP) is 1.47. The van der Waals surface area contributed by atoms with Crippen LogP contribution in [0.4, 0.5) is 5.82 Å². The Morgan fingerprint density at radius 1 is 1.39 bits per heavy atom. The van der Waals surface area contributed by atoms with Crippen LogP contribution >= 0.6 is 0 Å². The van der Waals surface area contributed by atoms with Crippen molar-refractivity contribution in [2.45, 2.75) is 6.04 Å². The number of carbonyl (C=O) groups is 1. The van der Waals surface area contributed by atoms with Crippen molar-refractivity contribution in [3.05, 3.63) is 58.5 Å². The Morgan fingerprint density at radius 2 is 2.06 bits per heavy atom. The molecule has 0 saturated carbocycles. The molecule has 0 bridgehead atoms. The van der Waals surface area contributed by atoms with Crippen molar-refractivity contribution < 1.29 is 14.8 Å². The van der Waals surface area contributed by atoms with Crippen LogP contribution in [0.15, 0.2) is 42.9 Å². The third kappa shape index (κ3) is 2.19. The molecule has 1 N–H and O–H groups in total. The lowest BCUT2D eigenvalue weighted by Gasteiger charge is -2.12. The number of nitrogens with zero attached hydrogens (tertiary/aromatic N) is 3. The van der Waals surface area contributed by atoms with Crippen LogP contribution in [-0.4, -0.2) is 25.6 Å². The molecule has 18 heavy (non-hydrogen) atoms. The van der Waals surface area contributed by atoms with E-state index in [1.807, 2.05) is 0 Å². The molecule has 1 aromatic heterocycles. The summed E-state index contributed by atoms with van der Waals surface area (Å²) in [5.41, 5.74) is 0.525. The first kappa shape index (κ1) is 11.8. The molecule has 0 saturated heterocycles. The zero-order valence-corrected chi connectivity index (χ0v) is 9.13. The Balaban J connectivity index is 2.42. The number of nitro groups is 1. The van der Waals surface area contributed by atoms with Gasteiger partial charge in [-0.25, -0.2) is 4.79 Å². The Kier molecular flexibility index (Phi) is 3.05. The van der Waals surface area contributed by atoms with Gasteiger partial charge >= 0.3 is 11.8 Å². The average Bonchev–Trinajstić information content (AvgIpc) is 2.79. The first-order chi connectivity index (χ1) is 8.59. The highest BCUT2D eigenvalue weighted by molar-refractivity contribution is 5.76. The number of carboxylic acid groups (broad SMARTS) is 1. The number of rotatable bonds is 4. The Morgan fingerprint density at radius 3 is 2.56 bits per heavy atom. The number of hydrogen-bond acceptors (Lipinski definition) is 4. The van der Waals surface area contributed by atoms with E-state index < -0.39 is 16.9 Å². The lowest BCUT2D eigenvalue weighted by Crippen LogP contribution is -2.18. The summed E-state index contributed by atoms with van der Waals surface area (Å²) < 4.78 is 1.20. The van der Waals surface area contributed by atoms with E-state index in [4.69, 9.17) is 0 Å². The van der Waals surface area contributed by atoms with Crippen LogP contribution in [0.5, 0.6) is 0 Å². The minimum atomic E-state index is -1.10. The maximum absolute atomic E-state index is 11.3. The van der Waals surface area contributed by atoms with Crippen LogP contribution in [0.1, 0.15) is 11.6 Å². The molecule has 0 radical (unpaired) electrons. The maximum atomic E-state index is 11.3. The van der Waals surface area contributed by atoms with Crippen molar-refractivity contribution in [3.63, 3.8) is 0 Å². The van der Waals surface area contributed by atoms with Crippen LogP contribution < -0.4 is 0 Å². The highest BCUT2D eigenvalue weighted by atomic mass is 16.6. The van der Waals surface area contributed by atoms with Crippen molar-refractivity contribution in [2.75, 3.05) is 0 Å². The maximum Gasteiger partial charge on any atom is 0.381 e. The summed E-state index contributed by atoms with van der Waals surface area (Å²) in [6, 6.07) is 7.44. The van der Waals surface area contributed by atoms with E-state index in [1.54, 1.807) is 30.3 Å². The molecule has 1 heterocycles. The van der Waals surface area contributed by atoms with Gasteiger partial charge in [0.15, 0.2) is 6.04 Å². The number of benzene rings is 1. The Hall–Kier alpha value is -2.70. The van der Waals surface area contributed by atoms with Crippen LogP contribution in [-0.2, 0) is 4.79 Å². The molecule has 0 amide bonds. The van der Waals surface area contributed by atoms with Gasteiger partial charge in [-0.2, -0.15) is 0 Å². The third-order valence-electron chi connectivity index (χ3n) is 2.42. The number of imidazole rings is 1. The smallest absolute Gasteiger partial charge is 0.381 e. The number of hydrogen-bond donors (Lipinski definition) is 1. The summed E-state index contributed by atoms with van der Waals surface area (Å²) in [7, 11) is 0. The number of aromatic nitrogens is 2. The fourth-order valence-electron chi connectivity index (χ4n) is 1.64. The molecular weight excluding hydrogens is 238 g/mol. The Labute approximate surface area is 101 Å². The first-order valence-corrected chi connectivity index (χ1v) is 5.05. The quantitative estimate of drug-likeness (QED) is 0.651. The van der Waals surface area contributed by atoms with Crippen molar-refractivity contribution >= 4 is 11.8 Å². The number of aliphatic carboxylic acids is 1. The molecule has 1 atom stereocenters. The van der Waals surface area contributed by atoms with Gasteiger partial charge in [-0.05, 0) is 15.5 Å². The standard InChI is InChI=1S/C11H9N3O4/c15-11(16)10(8-4-2-1-3-5-8)13-6-9(12-7-13)14(17)18/h1-7,10H,(H,15,16). The van der Waals surface area contributed by atoms with Crippen LogP contribution in [0.3, 0.4) is 0 Å². The SMILES string of the molecule is O=C(O)C(c1ccccc1)n1cnc([N+](=O)[O-])c1. The van der Waals surface area contributed by atoms with E-state index in [0.29, 0.717) is 5.56 Å². The molecule has 1 unspecified atom stereocenters. The summed E-state index contributed by atoms with van der Waals surface area (Å²) in [4.78, 5) is 24.7. The van der Waals surface area contributed by atoms with Gasteiger partial charge < -0.3 is 15.2 Å². The molecule has 0 fully saturated rings. The van der Waals surface area contributed by atoms with Gasteiger partial charge in [-0.3, -0.25) is 4.57 Å². The lowest BCUT2D eigenvalue weighted by atomic mass is 10.1. The molecule has 0 aliphatic heterocycles. The topological polar surface area (TPSA) is 98.3 Å². The van der Waals surface area contributed by atoms with Crippen LogP contribution in [0, 0.1) is 10.1 Å². The van der Waals surface area contributed by atoms with E-state index >= 15 is 0 Å². The van der Waals surface area contributed by atoms with E-state index in [0.717, 1.165) is 12.5 Å². The molecule has 7 heteroatoms. The molecule has 2 rings (SSSR count). The van der Waals surface area contributed by atoms with E-state index in [-0.39, 0.29) is 5.82 Å². The van der Waals surface area contributed by atoms with E-state index in [1.165, 1.54) is 4.57 Å². The third-order valence-corrected chi connectivity index (χ3v) is 2.42. The number of carboxylic acids is 1. The van der Waals surface area contributed by atoms with Gasteiger partial charge in [-0.15, -0.1) is 0 Å². The summed E-state index contributed by atoms with van der Waals surface area (Å²) in [6.07, 6.45) is 2.25. The van der Waals surface area contributed by atoms with Gasteiger partial charge in [0.2, 0.25) is 6.33 Å². The summed E-state index contributed by atoms with van der Waals surface area (Å²) in [5, 5.41) is 19.7. The van der Waals surface area contributed by atoms with Gasteiger partial charge in [0.05, 0.1) is 0 Å². The Bertz CT molecular complexity index is 579. The summed E-state index contributed by atoms with van der Waals surface area (Å²) in [6.45, 7) is 0. The predicted molar refractivity (Wildman–Crippen MR) is 61.1 cm³/mol. The second kappa shape index (κ2) is 4.66. The van der Waals surface area contributed by atoms with Crippen molar-refractivity contribution in [1.29, 1.82) is 0 Å². The van der Waals surface area contributed by atoms with Crippen LogP contribution in [0.2, 0.25) is 0 Å². The highest BCUT2D eigenvalue weighted by Gasteiger charge is 2.24. The monoisotopic (exact) mass is 247 g/mol. The zero-order chi connectivity index (χ0) is 13.1. The molecule has 1 aromatic carbocycles. The van der Waals surface area contributed by atoms with E-state index in [9.17, 15) is 20.0 Å². The van der Waals surface area contributed by atoms with Gasteiger partial charge in [0.1, 0.15) is 6.20 Å².